The maximum atomic E-state index is 12.1. The van der Waals surface area contributed by atoms with Gasteiger partial charge in [-0.05, 0) is 30.7 Å². The lowest BCUT2D eigenvalue weighted by atomic mass is 10.2. The molecule has 1 amide bonds. The summed E-state index contributed by atoms with van der Waals surface area (Å²) in [6.45, 7) is 3.27. The van der Waals surface area contributed by atoms with Gasteiger partial charge in [-0.1, -0.05) is 46.3 Å². The molecule has 0 saturated carbocycles. The first kappa shape index (κ1) is 15.7. The van der Waals surface area contributed by atoms with Gasteiger partial charge in [0.2, 0.25) is 0 Å². The Kier molecular flexibility index (Phi) is 5.53. The van der Waals surface area contributed by atoms with Crippen LogP contribution in [0.5, 0.6) is 0 Å². The Balaban J connectivity index is 1.87. The first-order valence-electron chi connectivity index (χ1n) is 6.96. The van der Waals surface area contributed by atoms with Gasteiger partial charge >= 0.3 is 0 Å². The summed E-state index contributed by atoms with van der Waals surface area (Å²) >= 11 is 3.42. The highest BCUT2D eigenvalue weighted by Gasteiger charge is 2.11. The summed E-state index contributed by atoms with van der Waals surface area (Å²) in [5.74, 6) is 0.0407. The number of likely N-dealkylation sites (N-methyl/N-ethyl adjacent to an activating group) is 1. The number of benzene rings is 2. The van der Waals surface area contributed by atoms with Crippen LogP contribution in [0.1, 0.15) is 11.1 Å². The zero-order valence-electron chi connectivity index (χ0n) is 12.3. The molecule has 1 unspecified atom stereocenters. The van der Waals surface area contributed by atoms with E-state index >= 15 is 0 Å². The zero-order valence-corrected chi connectivity index (χ0v) is 13.9. The molecular formula is C17H20BrN2O+. The third-order valence-corrected chi connectivity index (χ3v) is 3.83. The van der Waals surface area contributed by atoms with Crippen LogP contribution in [0, 0.1) is 6.92 Å². The number of aryl methyl sites for hydroxylation is 1. The summed E-state index contributed by atoms with van der Waals surface area (Å²) in [4.78, 5) is 13.2. The van der Waals surface area contributed by atoms with Crippen LogP contribution in [0.2, 0.25) is 0 Å². The monoisotopic (exact) mass is 347 g/mol. The van der Waals surface area contributed by atoms with E-state index in [1.54, 1.807) is 0 Å². The molecule has 0 heterocycles. The van der Waals surface area contributed by atoms with Crippen LogP contribution in [-0.4, -0.2) is 19.5 Å². The molecule has 0 aromatic heterocycles. The van der Waals surface area contributed by atoms with Gasteiger partial charge in [0.15, 0.2) is 6.54 Å². The summed E-state index contributed by atoms with van der Waals surface area (Å²) in [5.41, 5.74) is 3.19. The Bertz CT molecular complexity index is 610. The standard InChI is InChI=1S/C17H19BrN2O/c1-13-5-3-4-6-16(13)19-17(21)12-20(2)11-14-7-9-15(18)10-8-14/h3-10H,11-12H2,1-2H3,(H,19,21)/p+1. The van der Waals surface area contributed by atoms with Crippen molar-refractivity contribution in [3.05, 3.63) is 64.1 Å². The molecule has 4 heteroatoms. The van der Waals surface area contributed by atoms with Crippen LogP contribution >= 0.6 is 15.9 Å². The van der Waals surface area contributed by atoms with Crippen LogP contribution < -0.4 is 10.2 Å². The Morgan fingerprint density at radius 2 is 1.81 bits per heavy atom. The molecule has 0 radical (unpaired) electrons. The molecule has 2 aromatic rings. The summed E-state index contributed by atoms with van der Waals surface area (Å²) in [7, 11) is 2.03. The van der Waals surface area contributed by atoms with Gasteiger partial charge in [-0.25, -0.2) is 0 Å². The number of para-hydroxylation sites is 1. The third kappa shape index (κ3) is 4.99. The molecular weight excluding hydrogens is 328 g/mol. The number of carbonyl (C=O) groups excluding carboxylic acids is 1. The van der Waals surface area contributed by atoms with Gasteiger partial charge < -0.3 is 10.2 Å². The molecule has 2 rings (SSSR count). The van der Waals surface area contributed by atoms with Crippen molar-refractivity contribution in [1.29, 1.82) is 0 Å². The third-order valence-electron chi connectivity index (χ3n) is 3.30. The van der Waals surface area contributed by atoms with Crippen molar-refractivity contribution in [3.8, 4) is 0 Å². The summed E-state index contributed by atoms with van der Waals surface area (Å²) in [6, 6.07) is 16.0. The molecule has 0 spiro atoms. The predicted octanol–water partition coefficient (Wildman–Crippen LogP) is 2.41. The van der Waals surface area contributed by atoms with E-state index in [0.717, 1.165) is 27.2 Å². The lowest BCUT2D eigenvalue weighted by Crippen LogP contribution is -3.08. The van der Waals surface area contributed by atoms with Crippen LogP contribution in [0.4, 0.5) is 5.69 Å². The minimum atomic E-state index is 0.0407. The van der Waals surface area contributed by atoms with Crippen LogP contribution in [0.15, 0.2) is 53.0 Å². The quantitative estimate of drug-likeness (QED) is 0.855. The molecule has 0 aliphatic rings. The molecule has 0 aliphatic heterocycles. The minimum absolute atomic E-state index is 0.0407. The largest absolute Gasteiger partial charge is 0.326 e. The fourth-order valence-electron chi connectivity index (χ4n) is 2.19. The summed E-state index contributed by atoms with van der Waals surface area (Å²) in [6.07, 6.45) is 0. The van der Waals surface area contributed by atoms with Gasteiger partial charge in [-0.3, -0.25) is 4.79 Å². The lowest BCUT2D eigenvalue weighted by Gasteiger charge is -2.14. The second-order valence-electron chi connectivity index (χ2n) is 5.30. The van der Waals surface area contributed by atoms with Crippen molar-refractivity contribution in [1.82, 2.24) is 0 Å². The predicted molar refractivity (Wildman–Crippen MR) is 89.4 cm³/mol. The van der Waals surface area contributed by atoms with Crippen LogP contribution in [-0.2, 0) is 11.3 Å². The van der Waals surface area contributed by atoms with E-state index in [1.807, 2.05) is 50.4 Å². The van der Waals surface area contributed by atoms with Gasteiger partial charge in [0.25, 0.3) is 5.91 Å². The van der Waals surface area contributed by atoms with Gasteiger partial charge in [-0.15, -0.1) is 0 Å². The number of halogens is 1. The fourth-order valence-corrected chi connectivity index (χ4v) is 2.46. The number of hydrogen-bond donors (Lipinski definition) is 2. The van der Waals surface area contributed by atoms with E-state index in [9.17, 15) is 4.79 Å². The topological polar surface area (TPSA) is 33.5 Å². The van der Waals surface area contributed by atoms with E-state index in [2.05, 4.69) is 33.4 Å². The highest BCUT2D eigenvalue weighted by atomic mass is 79.9. The zero-order chi connectivity index (χ0) is 15.2. The van der Waals surface area contributed by atoms with Crippen molar-refractivity contribution in [2.75, 3.05) is 18.9 Å². The summed E-state index contributed by atoms with van der Waals surface area (Å²) < 4.78 is 1.07. The van der Waals surface area contributed by atoms with Crippen LogP contribution in [0.3, 0.4) is 0 Å². The first-order valence-corrected chi connectivity index (χ1v) is 7.75. The minimum Gasteiger partial charge on any atom is -0.326 e. The molecule has 110 valence electrons. The second-order valence-corrected chi connectivity index (χ2v) is 6.22. The number of carbonyl (C=O) groups is 1. The van der Waals surface area contributed by atoms with Gasteiger partial charge in [-0.2, -0.15) is 0 Å². The van der Waals surface area contributed by atoms with Crippen molar-refractivity contribution in [3.63, 3.8) is 0 Å². The Labute approximate surface area is 134 Å². The Morgan fingerprint density at radius 3 is 2.48 bits per heavy atom. The number of anilines is 1. The van der Waals surface area contributed by atoms with Gasteiger partial charge in [0.1, 0.15) is 6.54 Å². The molecule has 0 saturated heterocycles. The smallest absolute Gasteiger partial charge is 0.279 e. The first-order chi connectivity index (χ1) is 10.0. The number of quaternary nitrogens is 1. The number of amides is 1. The SMILES string of the molecule is Cc1ccccc1NC(=O)C[NH+](C)Cc1ccc(Br)cc1. The molecule has 3 nitrogen and oxygen atoms in total. The second kappa shape index (κ2) is 7.38. The molecule has 0 bridgehead atoms. The molecule has 21 heavy (non-hydrogen) atoms. The Morgan fingerprint density at radius 1 is 1.14 bits per heavy atom. The van der Waals surface area contributed by atoms with Crippen molar-refractivity contribution >= 4 is 27.5 Å². The van der Waals surface area contributed by atoms with E-state index in [1.165, 1.54) is 5.56 Å². The normalized spacial score (nSPS) is 12.0. The average molecular weight is 348 g/mol. The van der Waals surface area contributed by atoms with E-state index < -0.39 is 0 Å². The van der Waals surface area contributed by atoms with E-state index in [0.29, 0.717) is 6.54 Å². The van der Waals surface area contributed by atoms with Gasteiger partial charge in [0, 0.05) is 15.7 Å². The fraction of sp³-hybridized carbons (Fsp3) is 0.235. The number of rotatable bonds is 5. The van der Waals surface area contributed by atoms with Crippen molar-refractivity contribution in [2.24, 2.45) is 0 Å². The molecule has 1 atom stereocenters. The van der Waals surface area contributed by atoms with E-state index in [-0.39, 0.29) is 5.91 Å². The van der Waals surface area contributed by atoms with Gasteiger partial charge in [0.05, 0.1) is 7.05 Å². The van der Waals surface area contributed by atoms with E-state index in [4.69, 9.17) is 0 Å². The maximum absolute atomic E-state index is 12.1. The van der Waals surface area contributed by atoms with Crippen molar-refractivity contribution in [2.45, 2.75) is 13.5 Å². The molecule has 0 aliphatic carbocycles. The number of hydrogen-bond acceptors (Lipinski definition) is 1. The summed E-state index contributed by atoms with van der Waals surface area (Å²) in [5, 5.41) is 2.97. The number of nitrogens with one attached hydrogen (secondary N) is 2. The highest BCUT2D eigenvalue weighted by Crippen LogP contribution is 2.12. The average Bonchev–Trinajstić information content (AvgIpc) is 2.44. The molecule has 2 N–H and O–H groups in total. The highest BCUT2D eigenvalue weighted by molar-refractivity contribution is 9.10. The van der Waals surface area contributed by atoms with Crippen molar-refractivity contribution < 1.29 is 9.69 Å². The Hall–Kier alpha value is -1.65. The molecule has 0 fully saturated rings. The maximum Gasteiger partial charge on any atom is 0.279 e. The van der Waals surface area contributed by atoms with Crippen LogP contribution in [0.25, 0.3) is 0 Å². The lowest BCUT2D eigenvalue weighted by molar-refractivity contribution is -0.885. The molecule has 2 aromatic carbocycles.